The van der Waals surface area contributed by atoms with E-state index in [0.717, 1.165) is 18.8 Å². The van der Waals surface area contributed by atoms with Crippen molar-refractivity contribution in [2.24, 2.45) is 10.7 Å². The topological polar surface area (TPSA) is 75.3 Å². The fourth-order valence-electron chi connectivity index (χ4n) is 0.946. The van der Waals surface area contributed by atoms with Crippen molar-refractivity contribution in [3.8, 4) is 0 Å². The monoisotopic (exact) mass is 273 g/mol. The van der Waals surface area contributed by atoms with Crippen molar-refractivity contribution in [2.45, 2.75) is 0 Å². The van der Waals surface area contributed by atoms with Gasteiger partial charge in [0.25, 0.3) is 0 Å². The number of nitrogens with zero attached hydrogens (tertiary/aromatic N) is 2. The van der Waals surface area contributed by atoms with Crippen LogP contribution in [0.15, 0.2) is 29.5 Å². The molecule has 5 nitrogen and oxygen atoms in total. The third-order valence-corrected chi connectivity index (χ3v) is 1.68. The minimum atomic E-state index is 0. The van der Waals surface area contributed by atoms with Crippen LogP contribution in [0.1, 0.15) is 0 Å². The van der Waals surface area contributed by atoms with Crippen LogP contribution in [0.3, 0.4) is 0 Å². The summed E-state index contributed by atoms with van der Waals surface area (Å²) in [5.41, 5.74) is 6.50. The Kier molecular flexibility index (Phi) is 7.35. The van der Waals surface area contributed by atoms with Crippen LogP contribution in [0, 0.1) is 0 Å². The summed E-state index contributed by atoms with van der Waals surface area (Å²) in [5.74, 6) is 0.460. The average Bonchev–Trinajstić information content (AvgIpc) is 2.25. The van der Waals surface area contributed by atoms with Crippen LogP contribution in [-0.2, 0) is 0 Å². The van der Waals surface area contributed by atoms with Crippen LogP contribution in [0.25, 0.3) is 0 Å². The van der Waals surface area contributed by atoms with Crippen molar-refractivity contribution in [1.29, 1.82) is 0 Å². The van der Waals surface area contributed by atoms with E-state index < -0.39 is 0 Å². The number of guanidine groups is 1. The van der Waals surface area contributed by atoms with Crippen LogP contribution < -0.4 is 16.4 Å². The maximum Gasteiger partial charge on any atom is 0.188 e. The molecule has 0 unspecified atom stereocenters. The summed E-state index contributed by atoms with van der Waals surface area (Å²) in [6.07, 6.45) is 3.50. The molecule has 1 aromatic rings. The van der Waals surface area contributed by atoms with Crippen LogP contribution in [0.5, 0.6) is 0 Å². The third-order valence-electron chi connectivity index (χ3n) is 1.68. The first kappa shape index (κ1) is 13.7. The molecule has 0 bridgehead atoms. The van der Waals surface area contributed by atoms with Gasteiger partial charge >= 0.3 is 0 Å². The summed E-state index contributed by atoms with van der Waals surface area (Å²) in [5, 5.41) is 6.16. The quantitative estimate of drug-likeness (QED) is 0.427. The first-order chi connectivity index (χ1) is 6.83. The zero-order valence-corrected chi connectivity index (χ0v) is 10.3. The molecular formula is C9H16BrN5. The van der Waals surface area contributed by atoms with E-state index in [9.17, 15) is 0 Å². The van der Waals surface area contributed by atoms with Gasteiger partial charge in [-0.2, -0.15) is 0 Å². The number of anilines is 1. The standard InChI is InChI=1S/C9H15N5.BrH/c1-11-9(10)14-7-6-13-8-2-4-12-5-3-8;/h2-5H,6-7H2,1H3,(H,12,13)(H3,10,11,14);1H. The molecule has 4 N–H and O–H groups in total. The Bertz CT molecular complexity index is 288. The van der Waals surface area contributed by atoms with Crippen LogP contribution in [0.2, 0.25) is 0 Å². The minimum Gasteiger partial charge on any atom is -0.383 e. The molecule has 0 fully saturated rings. The van der Waals surface area contributed by atoms with E-state index in [0.29, 0.717) is 5.96 Å². The molecule has 0 radical (unpaired) electrons. The molecule has 0 aliphatic carbocycles. The van der Waals surface area contributed by atoms with Gasteiger partial charge in [-0.05, 0) is 12.1 Å². The molecule has 84 valence electrons. The fourth-order valence-corrected chi connectivity index (χ4v) is 0.946. The van der Waals surface area contributed by atoms with Crippen molar-refractivity contribution in [2.75, 3.05) is 25.5 Å². The van der Waals surface area contributed by atoms with Crippen molar-refractivity contribution >= 4 is 28.6 Å². The van der Waals surface area contributed by atoms with E-state index in [4.69, 9.17) is 5.73 Å². The summed E-state index contributed by atoms with van der Waals surface area (Å²) in [7, 11) is 1.65. The Hall–Kier alpha value is -1.30. The lowest BCUT2D eigenvalue weighted by atomic mass is 10.4. The highest BCUT2D eigenvalue weighted by molar-refractivity contribution is 8.93. The molecule has 0 saturated heterocycles. The van der Waals surface area contributed by atoms with E-state index in [1.807, 2.05) is 12.1 Å². The van der Waals surface area contributed by atoms with Gasteiger partial charge in [-0.3, -0.25) is 9.98 Å². The van der Waals surface area contributed by atoms with E-state index in [1.54, 1.807) is 19.4 Å². The van der Waals surface area contributed by atoms with Gasteiger partial charge in [0.2, 0.25) is 0 Å². The number of hydrogen-bond acceptors (Lipinski definition) is 3. The van der Waals surface area contributed by atoms with Gasteiger partial charge in [-0.1, -0.05) is 0 Å². The van der Waals surface area contributed by atoms with E-state index in [2.05, 4.69) is 20.6 Å². The predicted molar refractivity (Wildman–Crippen MR) is 68.6 cm³/mol. The number of aliphatic imine (C=N–C) groups is 1. The SMILES string of the molecule is Br.CN=C(N)NCCNc1ccncc1. The lowest BCUT2D eigenvalue weighted by molar-refractivity contribution is 0.895. The molecule has 0 saturated carbocycles. The van der Waals surface area contributed by atoms with Gasteiger partial charge in [0, 0.05) is 38.2 Å². The number of nitrogens with two attached hydrogens (primary N) is 1. The molecule has 1 heterocycles. The van der Waals surface area contributed by atoms with Gasteiger partial charge in [-0.25, -0.2) is 0 Å². The van der Waals surface area contributed by atoms with Gasteiger partial charge in [0.15, 0.2) is 5.96 Å². The van der Waals surface area contributed by atoms with E-state index >= 15 is 0 Å². The Morgan fingerprint density at radius 2 is 2.07 bits per heavy atom. The highest BCUT2D eigenvalue weighted by Gasteiger charge is 1.90. The highest BCUT2D eigenvalue weighted by atomic mass is 79.9. The van der Waals surface area contributed by atoms with Gasteiger partial charge in [0.05, 0.1) is 0 Å². The summed E-state index contributed by atoms with van der Waals surface area (Å²) in [6.45, 7) is 1.53. The maximum absolute atomic E-state index is 5.45. The Morgan fingerprint density at radius 3 is 2.67 bits per heavy atom. The Morgan fingerprint density at radius 1 is 1.40 bits per heavy atom. The summed E-state index contributed by atoms with van der Waals surface area (Å²) in [6, 6.07) is 3.83. The second-order valence-electron chi connectivity index (χ2n) is 2.70. The van der Waals surface area contributed by atoms with Crippen molar-refractivity contribution in [3.63, 3.8) is 0 Å². The van der Waals surface area contributed by atoms with Crippen LogP contribution in [0.4, 0.5) is 5.69 Å². The average molecular weight is 274 g/mol. The summed E-state index contributed by atoms with van der Waals surface area (Å²) in [4.78, 5) is 7.70. The number of halogens is 1. The van der Waals surface area contributed by atoms with Crippen molar-refractivity contribution in [1.82, 2.24) is 10.3 Å². The molecule has 0 amide bonds. The Labute approximate surface area is 100.0 Å². The minimum absolute atomic E-state index is 0. The van der Waals surface area contributed by atoms with Gasteiger partial charge in [0.1, 0.15) is 0 Å². The smallest absolute Gasteiger partial charge is 0.188 e. The summed E-state index contributed by atoms with van der Waals surface area (Å²) < 4.78 is 0. The van der Waals surface area contributed by atoms with E-state index in [1.165, 1.54) is 0 Å². The van der Waals surface area contributed by atoms with Crippen molar-refractivity contribution < 1.29 is 0 Å². The predicted octanol–water partition coefficient (Wildman–Crippen LogP) is 0.605. The zero-order valence-electron chi connectivity index (χ0n) is 8.60. The molecule has 0 aliphatic rings. The second-order valence-corrected chi connectivity index (χ2v) is 2.70. The van der Waals surface area contributed by atoms with Crippen LogP contribution >= 0.6 is 17.0 Å². The molecule has 0 aromatic carbocycles. The normalized spacial score (nSPS) is 10.3. The molecule has 1 aromatic heterocycles. The molecule has 1 rings (SSSR count). The van der Waals surface area contributed by atoms with Gasteiger partial charge < -0.3 is 16.4 Å². The lowest BCUT2D eigenvalue weighted by Gasteiger charge is -2.07. The molecule has 15 heavy (non-hydrogen) atoms. The third kappa shape index (κ3) is 5.90. The largest absolute Gasteiger partial charge is 0.383 e. The molecule has 0 spiro atoms. The first-order valence-corrected chi connectivity index (χ1v) is 4.43. The molecular weight excluding hydrogens is 258 g/mol. The first-order valence-electron chi connectivity index (χ1n) is 4.43. The number of aromatic nitrogens is 1. The fraction of sp³-hybridized carbons (Fsp3) is 0.333. The number of nitrogens with one attached hydrogen (secondary N) is 2. The summed E-state index contributed by atoms with van der Waals surface area (Å²) >= 11 is 0. The zero-order chi connectivity index (χ0) is 10.2. The Balaban J connectivity index is 0.00000196. The van der Waals surface area contributed by atoms with Gasteiger partial charge in [-0.15, -0.1) is 17.0 Å². The number of pyridine rings is 1. The molecule has 0 atom stereocenters. The van der Waals surface area contributed by atoms with Crippen LogP contribution in [-0.4, -0.2) is 31.1 Å². The van der Waals surface area contributed by atoms with Crippen molar-refractivity contribution in [3.05, 3.63) is 24.5 Å². The molecule has 0 aliphatic heterocycles. The van der Waals surface area contributed by atoms with E-state index in [-0.39, 0.29) is 17.0 Å². The lowest BCUT2D eigenvalue weighted by Crippen LogP contribution is -2.34. The molecule has 6 heteroatoms. The number of rotatable bonds is 4. The second kappa shape index (κ2) is 8.05. The number of hydrogen-bond donors (Lipinski definition) is 3. The highest BCUT2D eigenvalue weighted by Crippen LogP contribution is 2.01. The maximum atomic E-state index is 5.45.